The van der Waals surface area contributed by atoms with Gasteiger partial charge < -0.3 is 20.3 Å². The van der Waals surface area contributed by atoms with Crippen LogP contribution in [0.2, 0.25) is 0 Å². The smallest absolute Gasteiger partial charge is 0.330 e. The van der Waals surface area contributed by atoms with Gasteiger partial charge in [0.2, 0.25) is 5.91 Å². The highest BCUT2D eigenvalue weighted by atomic mass is 16.5. The third-order valence-electron chi connectivity index (χ3n) is 3.81. The van der Waals surface area contributed by atoms with Crippen molar-refractivity contribution in [3.63, 3.8) is 0 Å². The monoisotopic (exact) mass is 319 g/mol. The fourth-order valence-corrected chi connectivity index (χ4v) is 2.72. The number of nitrogens with one attached hydrogen (secondary N) is 2. The van der Waals surface area contributed by atoms with Crippen molar-refractivity contribution in [1.82, 2.24) is 15.5 Å². The molecule has 1 saturated heterocycles. The van der Waals surface area contributed by atoms with E-state index in [4.69, 9.17) is 4.74 Å². The van der Waals surface area contributed by atoms with Gasteiger partial charge in [-0.3, -0.25) is 4.79 Å². The van der Waals surface area contributed by atoms with Gasteiger partial charge in [0.15, 0.2) is 0 Å². The van der Waals surface area contributed by atoms with Crippen LogP contribution >= 0.6 is 0 Å². The van der Waals surface area contributed by atoms with Crippen molar-refractivity contribution in [1.29, 1.82) is 0 Å². The molecule has 0 aromatic heterocycles. The van der Waals surface area contributed by atoms with Gasteiger partial charge in [0.05, 0.1) is 6.61 Å². The second-order valence-corrected chi connectivity index (χ2v) is 5.67. The van der Waals surface area contributed by atoms with Gasteiger partial charge in [-0.2, -0.15) is 0 Å². The van der Waals surface area contributed by atoms with Crippen molar-refractivity contribution in [3.8, 4) is 0 Å². The van der Waals surface area contributed by atoms with Crippen LogP contribution in [0.1, 0.15) is 26.2 Å². The summed E-state index contributed by atoms with van der Waals surface area (Å²) in [5, 5.41) is 6.33. The molecular weight excluding hydrogens is 294 g/mol. The number of rotatable bonds is 3. The first kappa shape index (κ1) is 17.3. The molecule has 0 saturated carbocycles. The average Bonchev–Trinajstić information content (AvgIpc) is 2.52. The van der Waals surface area contributed by atoms with E-state index < -0.39 is 0 Å². The molecule has 0 aromatic rings. The van der Waals surface area contributed by atoms with Crippen molar-refractivity contribution in [2.24, 2.45) is 0 Å². The van der Waals surface area contributed by atoms with Crippen molar-refractivity contribution < 1.29 is 14.3 Å². The molecule has 0 aliphatic carbocycles. The molecule has 126 valence electrons. The summed E-state index contributed by atoms with van der Waals surface area (Å²) in [6.45, 7) is 3.76. The third-order valence-corrected chi connectivity index (χ3v) is 3.81. The Bertz CT molecular complexity index is 537. The molecule has 6 nitrogen and oxygen atoms in total. The Labute approximate surface area is 137 Å². The van der Waals surface area contributed by atoms with E-state index in [1.807, 2.05) is 24.2 Å². The quantitative estimate of drug-likeness (QED) is 0.602. The first-order valence-electron chi connectivity index (χ1n) is 8.09. The van der Waals surface area contributed by atoms with E-state index in [-0.39, 0.29) is 18.0 Å². The number of hydrogen-bond acceptors (Lipinski definition) is 5. The maximum Gasteiger partial charge on any atom is 0.330 e. The van der Waals surface area contributed by atoms with E-state index in [0.717, 1.165) is 30.5 Å². The van der Waals surface area contributed by atoms with Gasteiger partial charge in [-0.15, -0.1) is 0 Å². The van der Waals surface area contributed by atoms with Gasteiger partial charge >= 0.3 is 5.97 Å². The predicted octanol–water partition coefficient (Wildman–Crippen LogP) is 1.08. The highest BCUT2D eigenvalue weighted by molar-refractivity contribution is 5.82. The van der Waals surface area contributed by atoms with E-state index >= 15 is 0 Å². The van der Waals surface area contributed by atoms with Crippen LogP contribution in [0.15, 0.2) is 35.6 Å². The second kappa shape index (κ2) is 8.53. The van der Waals surface area contributed by atoms with Gasteiger partial charge in [-0.25, -0.2) is 4.79 Å². The largest absolute Gasteiger partial charge is 0.463 e. The molecule has 1 fully saturated rings. The normalized spacial score (nSPS) is 22.8. The van der Waals surface area contributed by atoms with E-state index in [1.54, 1.807) is 13.0 Å². The molecular formula is C17H25N3O3. The molecule has 6 heteroatoms. The Hall–Kier alpha value is -2.08. The molecule has 2 rings (SSSR count). The summed E-state index contributed by atoms with van der Waals surface area (Å²) in [6.07, 6.45) is 9.43. The molecule has 2 aliphatic heterocycles. The zero-order valence-corrected chi connectivity index (χ0v) is 13.8. The zero-order chi connectivity index (χ0) is 16.7. The van der Waals surface area contributed by atoms with Crippen LogP contribution in [-0.2, 0) is 14.3 Å². The molecule has 2 aliphatic rings. The average molecular weight is 319 g/mol. The molecule has 0 bridgehead atoms. The van der Waals surface area contributed by atoms with Gasteiger partial charge in [-0.05, 0) is 43.5 Å². The summed E-state index contributed by atoms with van der Waals surface area (Å²) in [4.78, 5) is 25.4. The number of fused-ring (bicyclic) bond motifs is 1. The number of carbonyl (C=O) groups is 2. The van der Waals surface area contributed by atoms with Gasteiger partial charge in [0.1, 0.15) is 6.17 Å². The minimum absolute atomic E-state index is 0.0427. The highest BCUT2D eigenvalue weighted by Gasteiger charge is 2.23. The standard InChI is InChI=1S/C17H25N3O3/c1-3-23-16(22)7-6-13-11-14-5-4-9-18-10-8-15(21)19-17(14)20(2)12-13/h6-7,11-12,17-18H,3-5,8-10H2,1-2H3,(H,19,21). The van der Waals surface area contributed by atoms with Crippen molar-refractivity contribution in [2.45, 2.75) is 32.4 Å². The lowest BCUT2D eigenvalue weighted by Crippen LogP contribution is -2.48. The number of hydrogen-bond donors (Lipinski definition) is 2. The van der Waals surface area contributed by atoms with Crippen LogP contribution < -0.4 is 10.6 Å². The van der Waals surface area contributed by atoms with E-state index in [0.29, 0.717) is 19.6 Å². The van der Waals surface area contributed by atoms with Crippen molar-refractivity contribution in [3.05, 3.63) is 35.6 Å². The maximum atomic E-state index is 12.0. The topological polar surface area (TPSA) is 70.7 Å². The fourth-order valence-electron chi connectivity index (χ4n) is 2.72. The van der Waals surface area contributed by atoms with E-state index in [2.05, 4.69) is 10.6 Å². The predicted molar refractivity (Wildman–Crippen MR) is 88.4 cm³/mol. The summed E-state index contributed by atoms with van der Waals surface area (Å²) < 4.78 is 4.89. The van der Waals surface area contributed by atoms with E-state index in [1.165, 1.54) is 6.08 Å². The first-order chi connectivity index (χ1) is 11.1. The summed E-state index contributed by atoms with van der Waals surface area (Å²) >= 11 is 0. The Morgan fingerprint density at radius 3 is 3.04 bits per heavy atom. The lowest BCUT2D eigenvalue weighted by atomic mass is 9.99. The third kappa shape index (κ3) is 5.25. The summed E-state index contributed by atoms with van der Waals surface area (Å²) in [7, 11) is 1.93. The Morgan fingerprint density at radius 2 is 2.26 bits per heavy atom. The molecule has 23 heavy (non-hydrogen) atoms. The van der Waals surface area contributed by atoms with Crippen LogP contribution in [0.5, 0.6) is 0 Å². The van der Waals surface area contributed by atoms with E-state index in [9.17, 15) is 9.59 Å². The lowest BCUT2D eigenvalue weighted by Gasteiger charge is -2.34. The maximum absolute atomic E-state index is 12.0. The number of allylic oxidation sites excluding steroid dienone is 3. The molecule has 2 N–H and O–H groups in total. The van der Waals surface area contributed by atoms with Gasteiger partial charge in [0, 0.05) is 32.3 Å². The number of likely N-dealkylation sites (N-methyl/N-ethyl adjacent to an activating group) is 1. The molecule has 1 amide bonds. The number of amides is 1. The Kier molecular flexibility index (Phi) is 6.40. The molecule has 2 heterocycles. The number of nitrogens with zero attached hydrogens (tertiary/aromatic N) is 1. The number of carbonyl (C=O) groups excluding carboxylic acids is 2. The first-order valence-corrected chi connectivity index (χ1v) is 8.09. The van der Waals surface area contributed by atoms with Crippen LogP contribution in [0.25, 0.3) is 0 Å². The fraction of sp³-hybridized carbons (Fsp3) is 0.529. The van der Waals surface area contributed by atoms with Crippen LogP contribution in [0, 0.1) is 0 Å². The number of ether oxygens (including phenoxy) is 1. The summed E-state index contributed by atoms with van der Waals surface area (Å²) in [5.74, 6) is -0.305. The molecule has 1 atom stereocenters. The molecule has 0 aromatic carbocycles. The Morgan fingerprint density at radius 1 is 1.43 bits per heavy atom. The summed E-state index contributed by atoms with van der Waals surface area (Å²) in [6, 6.07) is 0. The van der Waals surface area contributed by atoms with Gasteiger partial charge in [0.25, 0.3) is 0 Å². The van der Waals surface area contributed by atoms with Gasteiger partial charge in [-0.1, -0.05) is 6.08 Å². The minimum Gasteiger partial charge on any atom is -0.463 e. The molecule has 0 radical (unpaired) electrons. The van der Waals surface area contributed by atoms with Crippen LogP contribution in [-0.4, -0.2) is 49.7 Å². The van der Waals surface area contributed by atoms with Crippen molar-refractivity contribution >= 4 is 11.9 Å². The van der Waals surface area contributed by atoms with Crippen molar-refractivity contribution in [2.75, 3.05) is 26.7 Å². The van der Waals surface area contributed by atoms with Crippen LogP contribution in [0.3, 0.4) is 0 Å². The molecule has 0 spiro atoms. The zero-order valence-electron chi connectivity index (χ0n) is 13.8. The Balaban J connectivity index is 2.13. The SMILES string of the molecule is CCOC(=O)C=CC1=CN(C)C2NC(=O)CCNCCCC2=C1. The minimum atomic E-state index is -0.347. The summed E-state index contributed by atoms with van der Waals surface area (Å²) in [5.41, 5.74) is 2.07. The lowest BCUT2D eigenvalue weighted by molar-refractivity contribution is -0.137. The van der Waals surface area contributed by atoms with Crippen LogP contribution in [0.4, 0.5) is 0 Å². The number of esters is 1. The highest BCUT2D eigenvalue weighted by Crippen LogP contribution is 2.23. The molecule has 1 unspecified atom stereocenters. The second-order valence-electron chi connectivity index (χ2n) is 5.67.